The van der Waals surface area contributed by atoms with E-state index >= 15 is 0 Å². The van der Waals surface area contributed by atoms with Crippen LogP contribution in [0, 0.1) is 0 Å². The zero-order chi connectivity index (χ0) is 22.0. The second-order valence-electron chi connectivity index (χ2n) is 6.92. The first-order valence-electron chi connectivity index (χ1n) is 9.51. The fourth-order valence-electron chi connectivity index (χ4n) is 3.18. The molecule has 1 aliphatic rings. The van der Waals surface area contributed by atoms with Gasteiger partial charge in [-0.05, 0) is 42.5 Å². The zero-order valence-corrected chi connectivity index (χ0v) is 17.0. The van der Waals surface area contributed by atoms with Gasteiger partial charge in [0.25, 0.3) is 5.91 Å². The molecule has 1 amide bonds. The Kier molecular flexibility index (Phi) is 5.50. The van der Waals surface area contributed by atoms with E-state index in [9.17, 15) is 9.59 Å². The minimum Gasteiger partial charge on any atom is -0.478 e. The van der Waals surface area contributed by atoms with Crippen LogP contribution in [-0.2, 0) is 16.6 Å². The minimum atomic E-state index is -1.04. The highest BCUT2D eigenvalue weighted by Gasteiger charge is 2.31. The van der Waals surface area contributed by atoms with E-state index in [2.05, 4.69) is 10.2 Å². The predicted octanol–water partition coefficient (Wildman–Crippen LogP) is 3.20. The smallest absolute Gasteiger partial charge is 0.335 e. The first-order valence-corrected chi connectivity index (χ1v) is 9.51. The number of furan rings is 1. The van der Waals surface area contributed by atoms with Gasteiger partial charge in [0.1, 0.15) is 11.5 Å². The van der Waals surface area contributed by atoms with Gasteiger partial charge in [-0.15, -0.1) is 0 Å². The van der Waals surface area contributed by atoms with Gasteiger partial charge in [0.2, 0.25) is 0 Å². The van der Waals surface area contributed by atoms with Gasteiger partial charge in [-0.3, -0.25) is 9.48 Å². The van der Waals surface area contributed by atoms with Crippen LogP contribution in [0.2, 0.25) is 0 Å². The molecule has 31 heavy (non-hydrogen) atoms. The number of rotatable bonds is 7. The summed E-state index contributed by atoms with van der Waals surface area (Å²) in [4.78, 5) is 24.2. The van der Waals surface area contributed by atoms with E-state index in [1.54, 1.807) is 42.3 Å². The number of carboxylic acid groups (broad SMARTS) is 1. The van der Waals surface area contributed by atoms with E-state index in [0.29, 0.717) is 41.5 Å². The molecule has 0 saturated heterocycles. The summed E-state index contributed by atoms with van der Waals surface area (Å²) in [6.45, 7) is 0.397. The highest BCUT2D eigenvalue weighted by molar-refractivity contribution is 6.32. The molecule has 1 aromatic carbocycles. The second-order valence-corrected chi connectivity index (χ2v) is 6.92. The molecule has 3 heterocycles. The summed E-state index contributed by atoms with van der Waals surface area (Å²) in [5.41, 5.74) is 2.40. The van der Waals surface area contributed by atoms with Gasteiger partial charge < -0.3 is 14.3 Å². The minimum absolute atomic E-state index is 0.133. The second kappa shape index (κ2) is 8.41. The number of benzene rings is 1. The Morgan fingerprint density at radius 1 is 1.23 bits per heavy atom. The molecule has 4 rings (SSSR count). The van der Waals surface area contributed by atoms with Crippen molar-refractivity contribution in [3.8, 4) is 11.3 Å². The maximum atomic E-state index is 13.1. The van der Waals surface area contributed by atoms with Crippen molar-refractivity contribution in [1.82, 2.24) is 9.78 Å². The maximum absolute atomic E-state index is 13.1. The lowest BCUT2D eigenvalue weighted by Crippen LogP contribution is -2.21. The number of hydrogen-bond donors (Lipinski definition) is 1. The van der Waals surface area contributed by atoms with Gasteiger partial charge in [0.05, 0.1) is 40.9 Å². The fraction of sp³-hybridized carbons (Fsp3) is 0.182. The normalized spacial score (nSPS) is 15.0. The van der Waals surface area contributed by atoms with Crippen molar-refractivity contribution in [2.75, 3.05) is 18.7 Å². The molecule has 2 aromatic heterocycles. The monoisotopic (exact) mass is 420 g/mol. The van der Waals surface area contributed by atoms with E-state index in [1.807, 2.05) is 19.3 Å². The lowest BCUT2D eigenvalue weighted by Gasteiger charge is -2.11. The van der Waals surface area contributed by atoms with Crippen molar-refractivity contribution in [1.29, 1.82) is 0 Å². The van der Waals surface area contributed by atoms with Crippen molar-refractivity contribution >= 4 is 29.4 Å². The van der Waals surface area contributed by atoms with Gasteiger partial charge in [0, 0.05) is 26.8 Å². The van der Waals surface area contributed by atoms with E-state index in [-0.39, 0.29) is 11.5 Å². The first kappa shape index (κ1) is 20.3. The van der Waals surface area contributed by atoms with Crippen molar-refractivity contribution in [2.45, 2.75) is 6.42 Å². The highest BCUT2D eigenvalue weighted by Crippen LogP contribution is 2.28. The molecule has 1 aliphatic heterocycles. The SMILES string of the molecule is COCCC1=NN(c2ccc(C(=O)O)cc2)C(=O)/C1=C\c1ccc(-c2cnn(C)c2)o1. The number of carbonyl (C=O) groups excluding carboxylic acids is 1. The van der Waals surface area contributed by atoms with Crippen LogP contribution >= 0.6 is 0 Å². The number of aryl methyl sites for hydroxylation is 1. The van der Waals surface area contributed by atoms with Gasteiger partial charge in [-0.25, -0.2) is 4.79 Å². The Morgan fingerprint density at radius 2 is 2.00 bits per heavy atom. The Bertz CT molecular complexity index is 1190. The third kappa shape index (κ3) is 4.17. The molecule has 0 radical (unpaired) electrons. The largest absolute Gasteiger partial charge is 0.478 e. The summed E-state index contributed by atoms with van der Waals surface area (Å²) >= 11 is 0. The Labute approximate surface area is 177 Å². The molecule has 158 valence electrons. The summed E-state index contributed by atoms with van der Waals surface area (Å²) < 4.78 is 12.7. The lowest BCUT2D eigenvalue weighted by molar-refractivity contribution is -0.114. The molecule has 0 unspecified atom stereocenters. The number of carbonyl (C=O) groups is 2. The molecule has 0 saturated carbocycles. The molecule has 9 heteroatoms. The number of aromatic carboxylic acids is 1. The molecule has 9 nitrogen and oxygen atoms in total. The summed E-state index contributed by atoms with van der Waals surface area (Å²) in [5, 5.41) is 18.9. The summed E-state index contributed by atoms with van der Waals surface area (Å²) in [5.74, 6) is -0.211. The van der Waals surface area contributed by atoms with Crippen LogP contribution in [0.5, 0.6) is 0 Å². The van der Waals surface area contributed by atoms with Crippen LogP contribution in [0.4, 0.5) is 5.69 Å². The summed E-state index contributed by atoms with van der Waals surface area (Å²) in [6, 6.07) is 9.57. The van der Waals surface area contributed by atoms with Crippen LogP contribution in [0.3, 0.4) is 0 Å². The number of anilines is 1. The topological polar surface area (TPSA) is 110 Å². The van der Waals surface area contributed by atoms with E-state index in [1.165, 1.54) is 17.1 Å². The first-order chi connectivity index (χ1) is 15.0. The van der Waals surface area contributed by atoms with Crippen LogP contribution < -0.4 is 5.01 Å². The van der Waals surface area contributed by atoms with Crippen molar-refractivity contribution in [2.24, 2.45) is 12.1 Å². The average Bonchev–Trinajstić information content (AvgIpc) is 3.47. The van der Waals surface area contributed by atoms with Crippen LogP contribution in [0.1, 0.15) is 22.5 Å². The molecule has 0 bridgehead atoms. The molecule has 3 aromatic rings. The lowest BCUT2D eigenvalue weighted by atomic mass is 10.1. The number of amides is 1. The molecule has 0 spiro atoms. The quantitative estimate of drug-likeness (QED) is 0.588. The van der Waals surface area contributed by atoms with Crippen LogP contribution in [0.15, 0.2) is 63.9 Å². The number of methoxy groups -OCH3 is 1. The van der Waals surface area contributed by atoms with Gasteiger partial charge in [0.15, 0.2) is 0 Å². The molecule has 0 atom stereocenters. The molecule has 0 fully saturated rings. The number of carboxylic acids is 1. The summed E-state index contributed by atoms with van der Waals surface area (Å²) in [6.07, 6.45) is 5.63. The van der Waals surface area contributed by atoms with Crippen LogP contribution in [-0.4, -0.2) is 46.2 Å². The van der Waals surface area contributed by atoms with Crippen LogP contribution in [0.25, 0.3) is 17.4 Å². The Morgan fingerprint density at radius 3 is 2.65 bits per heavy atom. The standard InChI is InChI=1S/C22H20N4O5/c1-25-13-15(12-23-25)20-8-7-17(31-20)11-18-19(9-10-30-2)24-26(21(18)27)16-5-3-14(4-6-16)22(28)29/h3-8,11-13H,9-10H2,1-2H3,(H,28,29)/b18-11-. The number of nitrogens with zero attached hydrogens (tertiary/aromatic N) is 4. The Balaban J connectivity index is 1.64. The molecular weight excluding hydrogens is 400 g/mol. The zero-order valence-electron chi connectivity index (χ0n) is 17.0. The predicted molar refractivity (Wildman–Crippen MR) is 114 cm³/mol. The number of hydrazone groups is 1. The molecule has 1 N–H and O–H groups in total. The highest BCUT2D eigenvalue weighted by atomic mass is 16.5. The van der Waals surface area contributed by atoms with Gasteiger partial charge >= 0.3 is 5.97 Å². The molecule has 0 aliphatic carbocycles. The van der Waals surface area contributed by atoms with Crippen molar-refractivity contribution in [3.05, 3.63) is 65.7 Å². The third-order valence-electron chi connectivity index (χ3n) is 4.76. The van der Waals surface area contributed by atoms with E-state index in [0.717, 1.165) is 5.56 Å². The van der Waals surface area contributed by atoms with Gasteiger partial charge in [-0.2, -0.15) is 15.2 Å². The Hall–Kier alpha value is -3.98. The van der Waals surface area contributed by atoms with Gasteiger partial charge in [-0.1, -0.05) is 0 Å². The van der Waals surface area contributed by atoms with E-state index in [4.69, 9.17) is 14.3 Å². The molecular formula is C22H20N4O5. The summed E-state index contributed by atoms with van der Waals surface area (Å²) in [7, 11) is 3.40. The average molecular weight is 420 g/mol. The number of ether oxygens (including phenoxy) is 1. The third-order valence-corrected chi connectivity index (χ3v) is 4.76. The number of aromatic nitrogens is 2. The van der Waals surface area contributed by atoms with Crippen molar-refractivity contribution in [3.63, 3.8) is 0 Å². The van der Waals surface area contributed by atoms with E-state index < -0.39 is 5.97 Å². The number of hydrogen-bond acceptors (Lipinski definition) is 6. The maximum Gasteiger partial charge on any atom is 0.335 e. The fourth-order valence-corrected chi connectivity index (χ4v) is 3.18. The van der Waals surface area contributed by atoms with Crippen molar-refractivity contribution < 1.29 is 23.8 Å².